The first-order valence-corrected chi connectivity index (χ1v) is 7.05. The first kappa shape index (κ1) is 16.5. The van der Waals surface area contributed by atoms with Crippen molar-refractivity contribution >= 4 is 11.6 Å². The van der Waals surface area contributed by atoms with E-state index in [4.69, 9.17) is 4.74 Å². The molecule has 10 nitrogen and oxygen atoms in total. The summed E-state index contributed by atoms with van der Waals surface area (Å²) in [5.74, 6) is -0.390. The lowest BCUT2D eigenvalue weighted by Gasteiger charge is -2.12. The molecule has 0 aliphatic heterocycles. The second kappa shape index (κ2) is 7.38. The minimum Gasteiger partial charge on any atom is -0.475 e. The predicted molar refractivity (Wildman–Crippen MR) is 80.0 cm³/mol. The highest BCUT2D eigenvalue weighted by molar-refractivity contribution is 5.79. The molecule has 2 rings (SSSR count). The Labute approximate surface area is 132 Å². The number of carbonyl (C=O) groups excluding carboxylic acids is 1. The summed E-state index contributed by atoms with van der Waals surface area (Å²) < 4.78 is 7.84. The number of ether oxygens (including phenoxy) is 1. The smallest absolute Gasteiger partial charge is 0.350 e. The fourth-order valence-electron chi connectivity index (χ4n) is 1.99. The Morgan fingerprint density at radius 1 is 1.57 bits per heavy atom. The Morgan fingerprint density at radius 2 is 2.35 bits per heavy atom. The molecular weight excluding hydrogens is 304 g/mol. The molecule has 10 heteroatoms. The van der Waals surface area contributed by atoms with Crippen LogP contribution in [0.1, 0.15) is 19.4 Å². The Morgan fingerprint density at radius 3 is 2.91 bits per heavy atom. The molecule has 0 aromatic carbocycles. The van der Waals surface area contributed by atoms with Crippen LogP contribution < -0.4 is 10.1 Å². The molecule has 0 aliphatic rings. The summed E-state index contributed by atoms with van der Waals surface area (Å²) in [6.07, 6.45) is 5.45. The van der Waals surface area contributed by atoms with Gasteiger partial charge in [-0.05, 0) is 19.4 Å². The molecule has 0 saturated carbocycles. The quantitative estimate of drug-likeness (QED) is 0.435. The second-order valence-corrected chi connectivity index (χ2v) is 4.85. The minimum atomic E-state index is -0.678. The summed E-state index contributed by atoms with van der Waals surface area (Å²) in [5.41, 5.74) is -0.272. The molecule has 1 amide bonds. The monoisotopic (exact) mass is 322 g/mol. The summed E-state index contributed by atoms with van der Waals surface area (Å²) >= 11 is 0. The lowest BCUT2D eigenvalue weighted by Crippen LogP contribution is -2.32. The highest BCUT2D eigenvalue weighted by atomic mass is 16.6. The molecular formula is C13H18N6O4. The van der Waals surface area contributed by atoms with Crippen molar-refractivity contribution in [3.05, 3.63) is 34.8 Å². The molecule has 0 fully saturated rings. The van der Waals surface area contributed by atoms with Gasteiger partial charge in [0.2, 0.25) is 5.91 Å². The zero-order valence-electron chi connectivity index (χ0n) is 12.9. The van der Waals surface area contributed by atoms with Crippen molar-refractivity contribution in [2.24, 2.45) is 0 Å². The summed E-state index contributed by atoms with van der Waals surface area (Å²) in [7, 11) is 1.29. The first-order valence-electron chi connectivity index (χ1n) is 7.05. The molecule has 0 spiro atoms. The van der Waals surface area contributed by atoms with E-state index < -0.39 is 11.0 Å². The van der Waals surface area contributed by atoms with Crippen LogP contribution in [0.5, 0.6) is 5.88 Å². The van der Waals surface area contributed by atoms with Gasteiger partial charge in [0, 0.05) is 25.5 Å². The zero-order valence-corrected chi connectivity index (χ0v) is 12.9. The molecule has 2 aromatic heterocycles. The average Bonchev–Trinajstić information content (AvgIpc) is 3.19. The van der Waals surface area contributed by atoms with E-state index in [2.05, 4.69) is 15.5 Å². The van der Waals surface area contributed by atoms with E-state index in [0.717, 1.165) is 6.42 Å². The van der Waals surface area contributed by atoms with E-state index >= 15 is 0 Å². The maximum Gasteiger partial charge on any atom is 0.350 e. The van der Waals surface area contributed by atoms with Gasteiger partial charge in [-0.25, -0.2) is 4.68 Å². The van der Waals surface area contributed by atoms with Crippen molar-refractivity contribution in [2.45, 2.75) is 25.9 Å². The molecule has 2 heterocycles. The molecule has 23 heavy (non-hydrogen) atoms. The number of hydrogen-bond acceptors (Lipinski definition) is 6. The number of carbonyl (C=O) groups is 1. The van der Waals surface area contributed by atoms with Gasteiger partial charge in [0.05, 0.1) is 12.0 Å². The van der Waals surface area contributed by atoms with Gasteiger partial charge in [0.15, 0.2) is 0 Å². The molecule has 1 unspecified atom stereocenters. The Bertz CT molecular complexity index is 666. The molecule has 0 aliphatic carbocycles. The van der Waals surface area contributed by atoms with Gasteiger partial charge >= 0.3 is 11.6 Å². The summed E-state index contributed by atoms with van der Waals surface area (Å²) in [6, 6.07) is 1.15. The van der Waals surface area contributed by atoms with Crippen molar-refractivity contribution in [1.82, 2.24) is 24.9 Å². The van der Waals surface area contributed by atoms with Crippen LogP contribution in [0.3, 0.4) is 0 Å². The van der Waals surface area contributed by atoms with Gasteiger partial charge in [-0.1, -0.05) is 0 Å². The van der Waals surface area contributed by atoms with Crippen LogP contribution in [0.4, 0.5) is 5.69 Å². The van der Waals surface area contributed by atoms with E-state index in [1.165, 1.54) is 18.0 Å². The van der Waals surface area contributed by atoms with Crippen LogP contribution in [0.2, 0.25) is 0 Å². The first-order chi connectivity index (χ1) is 11.0. The number of hydrogen-bond donors (Lipinski definition) is 1. The molecule has 0 bridgehead atoms. The fraction of sp³-hybridized carbons (Fsp3) is 0.462. The van der Waals surface area contributed by atoms with Crippen molar-refractivity contribution in [3.8, 4) is 5.88 Å². The number of rotatable bonds is 8. The summed E-state index contributed by atoms with van der Waals surface area (Å²) in [4.78, 5) is 22.4. The highest BCUT2D eigenvalue weighted by Gasteiger charge is 2.24. The lowest BCUT2D eigenvalue weighted by molar-refractivity contribution is -0.385. The number of nitro groups is 1. The Hall–Kier alpha value is -2.91. The minimum absolute atomic E-state index is 0.117. The van der Waals surface area contributed by atoms with Crippen LogP contribution in [0.25, 0.3) is 0 Å². The van der Waals surface area contributed by atoms with Gasteiger partial charge in [-0.3, -0.25) is 19.6 Å². The third kappa shape index (κ3) is 4.05. The number of nitrogens with zero attached hydrogens (tertiary/aromatic N) is 5. The SMILES string of the molecule is COc1nn(C(C)C(=O)NCCCn2cccn2)cc1[N+](=O)[O-]. The third-order valence-electron chi connectivity index (χ3n) is 3.27. The van der Waals surface area contributed by atoms with E-state index in [1.807, 2.05) is 12.3 Å². The maximum absolute atomic E-state index is 12.1. The van der Waals surface area contributed by atoms with Crippen molar-refractivity contribution < 1.29 is 14.5 Å². The molecule has 0 radical (unpaired) electrons. The fourth-order valence-corrected chi connectivity index (χ4v) is 1.99. The lowest BCUT2D eigenvalue weighted by atomic mass is 10.3. The molecule has 1 N–H and O–H groups in total. The Kier molecular flexibility index (Phi) is 5.28. The number of aryl methyl sites for hydroxylation is 1. The molecule has 0 saturated heterocycles. The van der Waals surface area contributed by atoms with Crippen LogP contribution >= 0.6 is 0 Å². The number of nitrogens with one attached hydrogen (secondary N) is 1. The van der Waals surface area contributed by atoms with E-state index in [-0.39, 0.29) is 17.5 Å². The van der Waals surface area contributed by atoms with Crippen LogP contribution in [0, 0.1) is 10.1 Å². The number of amides is 1. The summed E-state index contributed by atoms with van der Waals surface area (Å²) in [5, 5.41) is 21.6. The second-order valence-electron chi connectivity index (χ2n) is 4.85. The van der Waals surface area contributed by atoms with E-state index in [1.54, 1.807) is 17.8 Å². The average molecular weight is 322 g/mol. The Balaban J connectivity index is 1.87. The highest BCUT2D eigenvalue weighted by Crippen LogP contribution is 2.25. The maximum atomic E-state index is 12.1. The van der Waals surface area contributed by atoms with Gasteiger partial charge in [-0.2, -0.15) is 5.10 Å². The van der Waals surface area contributed by atoms with Crippen LogP contribution in [-0.2, 0) is 11.3 Å². The normalized spacial score (nSPS) is 11.9. The molecule has 1 atom stereocenters. The largest absolute Gasteiger partial charge is 0.475 e. The predicted octanol–water partition coefficient (Wildman–Crippen LogP) is 0.764. The van der Waals surface area contributed by atoms with Gasteiger partial charge in [0.25, 0.3) is 0 Å². The van der Waals surface area contributed by atoms with Gasteiger partial charge in [0.1, 0.15) is 12.2 Å². The number of aromatic nitrogens is 4. The number of methoxy groups -OCH3 is 1. The topological polar surface area (TPSA) is 117 Å². The van der Waals surface area contributed by atoms with Crippen molar-refractivity contribution in [1.29, 1.82) is 0 Å². The van der Waals surface area contributed by atoms with Crippen molar-refractivity contribution in [3.63, 3.8) is 0 Å². The third-order valence-corrected chi connectivity index (χ3v) is 3.27. The molecule has 124 valence electrons. The van der Waals surface area contributed by atoms with Gasteiger partial charge < -0.3 is 10.1 Å². The van der Waals surface area contributed by atoms with E-state index in [9.17, 15) is 14.9 Å². The van der Waals surface area contributed by atoms with Crippen LogP contribution in [-0.4, -0.2) is 44.0 Å². The van der Waals surface area contributed by atoms with E-state index in [0.29, 0.717) is 13.1 Å². The van der Waals surface area contributed by atoms with Crippen LogP contribution in [0.15, 0.2) is 24.7 Å². The zero-order chi connectivity index (χ0) is 16.8. The van der Waals surface area contributed by atoms with Crippen molar-refractivity contribution in [2.75, 3.05) is 13.7 Å². The molecule has 2 aromatic rings. The summed E-state index contributed by atoms with van der Waals surface area (Å²) in [6.45, 7) is 2.78. The standard InChI is InChI=1S/C13H18N6O4/c1-10(18-9-11(19(21)22)13(16-18)23-2)12(20)14-5-3-7-17-8-4-6-15-17/h4,6,8-10H,3,5,7H2,1-2H3,(H,14,20). The van der Waals surface area contributed by atoms with Gasteiger partial charge in [-0.15, -0.1) is 5.10 Å².